The molecule has 0 saturated carbocycles. The molecule has 0 aromatic heterocycles. The van der Waals surface area contributed by atoms with Crippen LogP contribution in [0.25, 0.3) is 11.1 Å². The molecule has 0 aliphatic heterocycles. The fourth-order valence-corrected chi connectivity index (χ4v) is 1.51. The first kappa shape index (κ1) is 12.0. The van der Waals surface area contributed by atoms with E-state index in [9.17, 15) is 0 Å². The number of aryl methyl sites for hydroxylation is 1. The summed E-state index contributed by atoms with van der Waals surface area (Å²) in [6.07, 6.45) is 0. The van der Waals surface area contributed by atoms with Crippen LogP contribution in [0.5, 0.6) is 0 Å². The van der Waals surface area contributed by atoms with Crippen LogP contribution in [0.2, 0.25) is 0 Å². The maximum Gasteiger partial charge on any atom is 0.109 e. The Morgan fingerprint density at radius 2 is 1.33 bits per heavy atom. The lowest BCUT2D eigenvalue weighted by molar-refractivity contribution is 1.46. The van der Waals surface area contributed by atoms with Crippen LogP contribution in [0, 0.1) is 6.92 Å². The highest BCUT2D eigenvalue weighted by molar-refractivity contribution is 6.80. The van der Waals surface area contributed by atoms with Crippen molar-refractivity contribution in [1.29, 1.82) is 0 Å². The molecule has 0 heterocycles. The number of rotatable bonds is 1. The Kier molecular flexibility index (Phi) is 5.16. The highest BCUT2D eigenvalue weighted by Gasteiger charge is 1.97. The molecule has 2 heteroatoms. The monoisotopic (exact) mass is 234 g/mol. The van der Waals surface area contributed by atoms with Crippen LogP contribution >= 0.6 is 11.1 Å². The molecule has 0 fully saturated rings. The van der Waals surface area contributed by atoms with Crippen LogP contribution < -0.4 is 0 Å². The van der Waals surface area contributed by atoms with Crippen molar-refractivity contribution in [2.45, 2.75) is 6.92 Å². The Balaban J connectivity index is 0.000000531. The Labute approximate surface area is 99.0 Å². The van der Waals surface area contributed by atoms with Gasteiger partial charge in [-0.2, -0.15) is 11.1 Å². The number of hydrogen-bond acceptors (Lipinski definition) is 0. The smallest absolute Gasteiger partial charge is 0.109 e. The maximum absolute atomic E-state index is 4.78. The van der Waals surface area contributed by atoms with Crippen molar-refractivity contribution in [2.24, 2.45) is 0 Å². The van der Waals surface area contributed by atoms with Gasteiger partial charge in [-0.15, -0.1) is 0 Å². The van der Waals surface area contributed by atoms with Gasteiger partial charge in [0.15, 0.2) is 0 Å². The SMILES string of the molecule is Cc1ccccc1-c1ccccc1.[SiH3]Cl. The van der Waals surface area contributed by atoms with Crippen molar-refractivity contribution < 1.29 is 0 Å². The fraction of sp³-hybridized carbons (Fsp3) is 0.0769. The van der Waals surface area contributed by atoms with Gasteiger partial charge in [-0.25, -0.2) is 0 Å². The second kappa shape index (κ2) is 6.43. The van der Waals surface area contributed by atoms with E-state index in [-0.39, 0.29) is 0 Å². The highest BCUT2D eigenvalue weighted by Crippen LogP contribution is 2.21. The van der Waals surface area contributed by atoms with E-state index in [1.54, 1.807) is 0 Å². The van der Waals surface area contributed by atoms with Crippen molar-refractivity contribution in [3.63, 3.8) is 0 Å². The summed E-state index contributed by atoms with van der Waals surface area (Å²) >= 11 is 4.78. The van der Waals surface area contributed by atoms with Gasteiger partial charge in [-0.3, -0.25) is 0 Å². The van der Waals surface area contributed by atoms with Crippen LogP contribution in [0.15, 0.2) is 54.6 Å². The van der Waals surface area contributed by atoms with Gasteiger partial charge in [-0.05, 0) is 23.6 Å². The average Bonchev–Trinajstić information content (AvgIpc) is 2.33. The first-order valence-electron chi connectivity index (χ1n) is 4.87. The van der Waals surface area contributed by atoms with Gasteiger partial charge < -0.3 is 0 Å². The quantitative estimate of drug-likeness (QED) is 0.525. The number of benzene rings is 2. The van der Waals surface area contributed by atoms with E-state index in [1.807, 2.05) is 6.07 Å². The first-order valence-corrected chi connectivity index (χ1v) is 7.89. The van der Waals surface area contributed by atoms with E-state index in [2.05, 4.69) is 55.5 Å². The molecule has 0 unspecified atom stereocenters. The zero-order valence-corrected chi connectivity index (χ0v) is 11.8. The second-order valence-electron chi connectivity index (χ2n) is 3.18. The van der Waals surface area contributed by atoms with Crippen LogP contribution in [0.1, 0.15) is 5.56 Å². The molecule has 0 spiro atoms. The van der Waals surface area contributed by atoms with Gasteiger partial charge in [-0.1, -0.05) is 54.6 Å². The summed E-state index contributed by atoms with van der Waals surface area (Å²) < 4.78 is 0. The summed E-state index contributed by atoms with van der Waals surface area (Å²) in [5, 5.41) is 0. The molecule has 2 aromatic carbocycles. The van der Waals surface area contributed by atoms with Crippen molar-refractivity contribution in [1.82, 2.24) is 0 Å². The van der Waals surface area contributed by atoms with Gasteiger partial charge in [0.2, 0.25) is 0 Å². The van der Waals surface area contributed by atoms with Gasteiger partial charge in [0, 0.05) is 0 Å². The predicted octanol–water partition coefficient (Wildman–Crippen LogP) is 3.17. The molecule has 2 rings (SSSR count). The van der Waals surface area contributed by atoms with Gasteiger partial charge >= 0.3 is 0 Å². The molecule has 0 saturated heterocycles. The predicted molar refractivity (Wildman–Crippen MR) is 72.4 cm³/mol. The highest BCUT2D eigenvalue weighted by atomic mass is 35.6. The van der Waals surface area contributed by atoms with Crippen LogP contribution in [-0.2, 0) is 0 Å². The third-order valence-electron chi connectivity index (χ3n) is 2.23. The molecule has 0 radical (unpaired) electrons. The lowest BCUT2D eigenvalue weighted by Crippen LogP contribution is -1.80. The second-order valence-corrected chi connectivity index (χ2v) is 3.18. The number of hydrogen-bond donors (Lipinski definition) is 0. The molecule has 0 atom stereocenters. The third kappa shape index (κ3) is 3.22. The summed E-state index contributed by atoms with van der Waals surface area (Å²) in [6.45, 7) is 2.14. The molecule has 0 aliphatic rings. The molecular weight excluding hydrogens is 220 g/mol. The zero-order chi connectivity index (χ0) is 11.1. The Hall–Kier alpha value is -1.05. The Morgan fingerprint density at radius 1 is 0.800 bits per heavy atom. The van der Waals surface area contributed by atoms with Gasteiger partial charge in [0.25, 0.3) is 0 Å². The molecular formula is C13H15ClSi. The van der Waals surface area contributed by atoms with Gasteiger partial charge in [0.1, 0.15) is 9.55 Å². The largest absolute Gasteiger partial charge is 0.181 e. The van der Waals surface area contributed by atoms with Gasteiger partial charge in [0.05, 0.1) is 0 Å². The zero-order valence-electron chi connectivity index (χ0n) is 9.07. The van der Waals surface area contributed by atoms with Crippen LogP contribution in [-0.4, -0.2) is 9.55 Å². The summed E-state index contributed by atoms with van der Waals surface area (Å²) in [5.74, 6) is 0. The average molecular weight is 235 g/mol. The van der Waals surface area contributed by atoms with Crippen molar-refractivity contribution >= 4 is 20.6 Å². The molecule has 0 N–H and O–H groups in total. The third-order valence-corrected chi connectivity index (χ3v) is 2.23. The molecule has 15 heavy (non-hydrogen) atoms. The van der Waals surface area contributed by atoms with Crippen molar-refractivity contribution in [2.75, 3.05) is 0 Å². The molecule has 0 amide bonds. The van der Waals surface area contributed by atoms with E-state index >= 15 is 0 Å². The standard InChI is InChI=1S/C13H12.ClH3Si/c1-11-7-5-6-10-13(11)12-8-3-2-4-9-12;1-2/h2-10H,1H3;2H3. The Bertz CT molecular complexity index is 398. The normalized spacial score (nSPS) is 9.20. The number of halogens is 1. The molecule has 0 nitrogen and oxygen atoms in total. The van der Waals surface area contributed by atoms with E-state index in [0.29, 0.717) is 0 Å². The lowest BCUT2D eigenvalue weighted by Gasteiger charge is -2.04. The van der Waals surface area contributed by atoms with E-state index in [4.69, 9.17) is 11.1 Å². The van der Waals surface area contributed by atoms with Crippen molar-refractivity contribution in [3.05, 3.63) is 60.2 Å². The van der Waals surface area contributed by atoms with Crippen LogP contribution in [0.3, 0.4) is 0 Å². The summed E-state index contributed by atoms with van der Waals surface area (Å²) in [4.78, 5) is 0. The minimum Gasteiger partial charge on any atom is -0.181 e. The van der Waals surface area contributed by atoms with Crippen molar-refractivity contribution in [3.8, 4) is 11.1 Å². The first-order chi connectivity index (χ1) is 7.38. The van der Waals surface area contributed by atoms with E-state index < -0.39 is 0 Å². The molecule has 0 aliphatic carbocycles. The fourth-order valence-electron chi connectivity index (χ4n) is 1.51. The maximum atomic E-state index is 4.78. The minimum atomic E-state index is 0.778. The van der Waals surface area contributed by atoms with E-state index in [1.165, 1.54) is 16.7 Å². The van der Waals surface area contributed by atoms with E-state index in [0.717, 1.165) is 9.55 Å². The molecule has 2 aromatic rings. The molecule has 78 valence electrons. The topological polar surface area (TPSA) is 0 Å². The Morgan fingerprint density at radius 3 is 1.93 bits per heavy atom. The molecule has 0 bridgehead atoms. The summed E-state index contributed by atoms with van der Waals surface area (Å²) in [5.41, 5.74) is 3.94. The van der Waals surface area contributed by atoms with Crippen LogP contribution in [0.4, 0.5) is 0 Å². The summed E-state index contributed by atoms with van der Waals surface area (Å²) in [6, 6.07) is 18.9. The summed E-state index contributed by atoms with van der Waals surface area (Å²) in [7, 11) is 0.778. The minimum absolute atomic E-state index is 0.778. The lowest BCUT2D eigenvalue weighted by atomic mass is 10.0.